The minimum Gasteiger partial charge on any atom is -0.493 e. The first-order valence-electron chi connectivity index (χ1n) is 6.21. The molecule has 0 aliphatic carbocycles. The zero-order valence-electron chi connectivity index (χ0n) is 11.9. The standard InChI is InChI=1S/C16H14Cl2O3/c1-9-10(7-8-13(20-2)16(9)21-3)15(19)14-11(17)5-4-6-12(14)18/h4-8H,1-3H3. The number of methoxy groups -OCH3 is 2. The third-order valence-electron chi connectivity index (χ3n) is 3.23. The molecule has 0 radical (unpaired) electrons. The largest absolute Gasteiger partial charge is 0.493 e. The Morgan fingerprint density at radius 1 is 1.00 bits per heavy atom. The van der Waals surface area contributed by atoms with Gasteiger partial charge in [0.25, 0.3) is 0 Å². The molecule has 0 spiro atoms. The fourth-order valence-corrected chi connectivity index (χ4v) is 2.75. The summed E-state index contributed by atoms with van der Waals surface area (Å²) in [5, 5.41) is 0.642. The molecule has 0 aromatic heterocycles. The molecule has 0 saturated heterocycles. The Labute approximate surface area is 133 Å². The average Bonchev–Trinajstić information content (AvgIpc) is 2.46. The number of benzene rings is 2. The highest BCUT2D eigenvalue weighted by atomic mass is 35.5. The number of halogens is 2. The SMILES string of the molecule is COc1ccc(C(=O)c2c(Cl)cccc2Cl)c(C)c1OC. The summed E-state index contributed by atoms with van der Waals surface area (Å²) in [5.74, 6) is 0.840. The van der Waals surface area contributed by atoms with E-state index in [1.807, 2.05) is 0 Å². The van der Waals surface area contributed by atoms with E-state index < -0.39 is 0 Å². The van der Waals surface area contributed by atoms with E-state index in [2.05, 4.69) is 0 Å². The second-order valence-corrected chi connectivity index (χ2v) is 5.21. The van der Waals surface area contributed by atoms with E-state index in [1.165, 1.54) is 7.11 Å². The van der Waals surface area contributed by atoms with Crippen molar-refractivity contribution >= 4 is 29.0 Å². The van der Waals surface area contributed by atoms with Gasteiger partial charge in [0, 0.05) is 11.1 Å². The summed E-state index contributed by atoms with van der Waals surface area (Å²) >= 11 is 12.2. The molecule has 0 fully saturated rings. The van der Waals surface area contributed by atoms with Crippen LogP contribution in [0, 0.1) is 6.92 Å². The highest BCUT2D eigenvalue weighted by Crippen LogP contribution is 2.35. The normalized spacial score (nSPS) is 10.3. The van der Waals surface area contributed by atoms with Crippen molar-refractivity contribution in [2.24, 2.45) is 0 Å². The molecule has 0 aliphatic heterocycles. The van der Waals surface area contributed by atoms with Crippen molar-refractivity contribution in [1.29, 1.82) is 0 Å². The van der Waals surface area contributed by atoms with Crippen LogP contribution in [0.2, 0.25) is 10.0 Å². The van der Waals surface area contributed by atoms with E-state index in [-0.39, 0.29) is 11.3 Å². The van der Waals surface area contributed by atoms with E-state index in [0.717, 1.165) is 0 Å². The molecule has 2 aromatic rings. The van der Waals surface area contributed by atoms with Gasteiger partial charge in [-0.05, 0) is 31.2 Å². The second kappa shape index (κ2) is 6.37. The summed E-state index contributed by atoms with van der Waals surface area (Å²) in [6.07, 6.45) is 0. The maximum absolute atomic E-state index is 12.7. The third-order valence-corrected chi connectivity index (χ3v) is 3.86. The fourth-order valence-electron chi connectivity index (χ4n) is 2.18. The first kappa shape index (κ1) is 15.7. The maximum Gasteiger partial charge on any atom is 0.196 e. The summed E-state index contributed by atoms with van der Waals surface area (Å²) < 4.78 is 10.5. The van der Waals surface area contributed by atoms with E-state index >= 15 is 0 Å². The monoisotopic (exact) mass is 324 g/mol. The van der Waals surface area contributed by atoms with Gasteiger partial charge in [-0.3, -0.25) is 4.79 Å². The number of hydrogen-bond acceptors (Lipinski definition) is 3. The van der Waals surface area contributed by atoms with Crippen molar-refractivity contribution in [2.75, 3.05) is 14.2 Å². The minimum absolute atomic E-state index is 0.246. The number of rotatable bonds is 4. The topological polar surface area (TPSA) is 35.5 Å². The molecule has 0 heterocycles. The summed E-state index contributed by atoms with van der Waals surface area (Å²) in [5.41, 5.74) is 1.44. The predicted octanol–water partition coefficient (Wildman–Crippen LogP) is 4.55. The van der Waals surface area contributed by atoms with Gasteiger partial charge < -0.3 is 9.47 Å². The van der Waals surface area contributed by atoms with Gasteiger partial charge in [0.2, 0.25) is 0 Å². The van der Waals surface area contributed by atoms with Gasteiger partial charge in [0.1, 0.15) is 0 Å². The predicted molar refractivity (Wildman–Crippen MR) is 84.2 cm³/mol. The van der Waals surface area contributed by atoms with Crippen LogP contribution in [0.3, 0.4) is 0 Å². The third kappa shape index (κ3) is 2.85. The van der Waals surface area contributed by atoms with Gasteiger partial charge in [-0.15, -0.1) is 0 Å². The van der Waals surface area contributed by atoms with Crippen LogP contribution in [0.4, 0.5) is 0 Å². The van der Waals surface area contributed by atoms with Crippen LogP contribution in [-0.4, -0.2) is 20.0 Å². The number of ketones is 1. The lowest BCUT2D eigenvalue weighted by Gasteiger charge is -2.14. The molecular formula is C16H14Cl2O3. The van der Waals surface area contributed by atoms with Crippen LogP contribution < -0.4 is 9.47 Å². The molecule has 0 N–H and O–H groups in total. The molecule has 5 heteroatoms. The van der Waals surface area contributed by atoms with Crippen molar-refractivity contribution in [2.45, 2.75) is 6.92 Å². The molecule has 21 heavy (non-hydrogen) atoms. The highest BCUT2D eigenvalue weighted by molar-refractivity contribution is 6.41. The fraction of sp³-hybridized carbons (Fsp3) is 0.188. The molecule has 110 valence electrons. The van der Waals surface area contributed by atoms with Gasteiger partial charge >= 0.3 is 0 Å². The van der Waals surface area contributed by atoms with Crippen molar-refractivity contribution in [1.82, 2.24) is 0 Å². The molecule has 3 nitrogen and oxygen atoms in total. The number of ether oxygens (including phenoxy) is 2. The van der Waals surface area contributed by atoms with Crippen LogP contribution >= 0.6 is 23.2 Å². The summed E-state index contributed by atoms with van der Waals surface area (Å²) in [6.45, 7) is 1.79. The van der Waals surface area contributed by atoms with Gasteiger partial charge in [0.05, 0.1) is 29.8 Å². The van der Waals surface area contributed by atoms with Crippen LogP contribution in [0.1, 0.15) is 21.5 Å². The van der Waals surface area contributed by atoms with E-state index in [9.17, 15) is 4.79 Å². The molecule has 0 bridgehead atoms. The van der Waals surface area contributed by atoms with Gasteiger partial charge in [-0.2, -0.15) is 0 Å². The van der Waals surface area contributed by atoms with Gasteiger partial charge in [-0.25, -0.2) is 0 Å². The maximum atomic E-state index is 12.7. The van der Waals surface area contributed by atoms with E-state index in [4.69, 9.17) is 32.7 Å². The van der Waals surface area contributed by atoms with Crippen molar-refractivity contribution in [3.63, 3.8) is 0 Å². The molecule has 2 rings (SSSR count). The van der Waals surface area contributed by atoms with Crippen LogP contribution in [0.25, 0.3) is 0 Å². The van der Waals surface area contributed by atoms with Crippen LogP contribution in [-0.2, 0) is 0 Å². The first-order chi connectivity index (χ1) is 10.0. The van der Waals surface area contributed by atoms with Gasteiger partial charge in [0.15, 0.2) is 17.3 Å². The Morgan fingerprint density at radius 3 is 2.14 bits per heavy atom. The minimum atomic E-state index is -0.246. The molecular weight excluding hydrogens is 311 g/mol. The smallest absolute Gasteiger partial charge is 0.196 e. The highest BCUT2D eigenvalue weighted by Gasteiger charge is 2.21. The molecule has 0 aliphatic rings. The summed E-state index contributed by atoms with van der Waals surface area (Å²) in [7, 11) is 3.07. The molecule has 0 saturated carbocycles. The molecule has 2 aromatic carbocycles. The van der Waals surface area contributed by atoms with Crippen LogP contribution in [0.5, 0.6) is 11.5 Å². The van der Waals surface area contributed by atoms with Crippen LogP contribution in [0.15, 0.2) is 30.3 Å². The Morgan fingerprint density at radius 2 is 1.62 bits per heavy atom. The molecule has 0 unspecified atom stereocenters. The summed E-state index contributed by atoms with van der Waals surface area (Å²) in [6, 6.07) is 8.33. The number of carbonyl (C=O) groups is 1. The Balaban J connectivity index is 2.60. The molecule has 0 atom stereocenters. The quantitative estimate of drug-likeness (QED) is 0.774. The Bertz CT molecular complexity index is 676. The Hall–Kier alpha value is -1.71. The van der Waals surface area contributed by atoms with E-state index in [1.54, 1.807) is 44.4 Å². The lowest BCUT2D eigenvalue weighted by atomic mass is 9.98. The zero-order valence-corrected chi connectivity index (χ0v) is 13.4. The van der Waals surface area contributed by atoms with Crippen molar-refractivity contribution in [3.8, 4) is 11.5 Å². The first-order valence-corrected chi connectivity index (χ1v) is 6.97. The lowest BCUT2D eigenvalue weighted by Crippen LogP contribution is -2.07. The number of carbonyl (C=O) groups excluding carboxylic acids is 1. The number of hydrogen-bond donors (Lipinski definition) is 0. The van der Waals surface area contributed by atoms with E-state index in [0.29, 0.717) is 32.7 Å². The summed E-state index contributed by atoms with van der Waals surface area (Å²) in [4.78, 5) is 12.7. The lowest BCUT2D eigenvalue weighted by molar-refractivity contribution is 0.103. The zero-order chi connectivity index (χ0) is 15.6. The molecule has 0 amide bonds. The van der Waals surface area contributed by atoms with Crippen molar-refractivity contribution in [3.05, 3.63) is 57.1 Å². The van der Waals surface area contributed by atoms with Crippen molar-refractivity contribution < 1.29 is 14.3 Å². The second-order valence-electron chi connectivity index (χ2n) is 4.40. The van der Waals surface area contributed by atoms with Gasteiger partial charge in [-0.1, -0.05) is 29.3 Å². The average molecular weight is 325 g/mol. The Kier molecular flexibility index (Phi) is 4.76.